The molecule has 1 unspecified atom stereocenters. The lowest BCUT2D eigenvalue weighted by Crippen LogP contribution is -2.36. The van der Waals surface area contributed by atoms with Crippen molar-refractivity contribution >= 4 is 28.9 Å². The highest BCUT2D eigenvalue weighted by molar-refractivity contribution is 7.10. The molecule has 0 bridgehead atoms. The van der Waals surface area contributed by atoms with Crippen molar-refractivity contribution in [2.45, 2.75) is 121 Å². The number of hydrogen-bond donors (Lipinski definition) is 1. The predicted molar refractivity (Wildman–Crippen MR) is 197 cm³/mol. The molecular weight excluding hydrogens is 613 g/mol. The van der Waals surface area contributed by atoms with Crippen LogP contribution in [0.2, 0.25) is 0 Å². The summed E-state index contributed by atoms with van der Waals surface area (Å²) in [5.74, 6) is -1.77. The van der Waals surface area contributed by atoms with E-state index in [1.54, 1.807) is 11.3 Å². The summed E-state index contributed by atoms with van der Waals surface area (Å²) < 4.78 is 22.9. The normalized spacial score (nSPS) is 16.4. The maximum absolute atomic E-state index is 12.8. The fraction of sp³-hybridized carbons (Fsp3) is 0.564. The van der Waals surface area contributed by atoms with Gasteiger partial charge in [0.2, 0.25) is 11.8 Å². The molecule has 2 aliphatic rings. The van der Waals surface area contributed by atoms with Gasteiger partial charge in [0, 0.05) is 45.6 Å². The smallest absolute Gasteiger partial charge is 0.256 e. The van der Waals surface area contributed by atoms with Gasteiger partial charge in [-0.25, -0.2) is 8.78 Å². The van der Waals surface area contributed by atoms with Crippen LogP contribution >= 0.6 is 11.3 Å². The van der Waals surface area contributed by atoms with E-state index in [2.05, 4.69) is 90.0 Å². The lowest BCUT2D eigenvalue weighted by atomic mass is 9.90. The Balaban J connectivity index is 0.000000462. The molecule has 1 atom stereocenters. The average Bonchev–Trinajstić information content (AvgIpc) is 3.69. The van der Waals surface area contributed by atoms with Crippen molar-refractivity contribution in [1.82, 2.24) is 10.2 Å². The molecule has 8 heteroatoms. The van der Waals surface area contributed by atoms with Crippen molar-refractivity contribution in [1.29, 1.82) is 0 Å². The van der Waals surface area contributed by atoms with Crippen LogP contribution in [0.25, 0.3) is 0 Å². The van der Waals surface area contributed by atoms with Gasteiger partial charge < -0.3 is 10.2 Å². The number of alkyl halides is 2. The second kappa shape index (κ2) is 19.6. The lowest BCUT2D eigenvalue weighted by Gasteiger charge is -2.27. The molecule has 5 nitrogen and oxygen atoms in total. The van der Waals surface area contributed by atoms with Crippen molar-refractivity contribution in [2.75, 3.05) is 13.1 Å². The minimum Gasteiger partial charge on any atom is -0.333 e. The average molecular weight is 672 g/mol. The molecule has 0 spiro atoms. The van der Waals surface area contributed by atoms with Gasteiger partial charge in [-0.15, -0.1) is 11.3 Å². The van der Waals surface area contributed by atoms with Crippen LogP contribution < -0.4 is 5.32 Å². The molecule has 2 aliphatic heterocycles. The van der Waals surface area contributed by atoms with Gasteiger partial charge in [-0.2, -0.15) is 0 Å². The number of nitrogens with zero attached hydrogens (tertiary/aromatic N) is 2. The molecule has 1 aromatic heterocycles. The Morgan fingerprint density at radius 3 is 2.26 bits per heavy atom. The molecule has 0 saturated heterocycles. The van der Waals surface area contributed by atoms with Gasteiger partial charge in [-0.05, 0) is 65.0 Å². The summed E-state index contributed by atoms with van der Waals surface area (Å²) in [5, 5.41) is 4.93. The van der Waals surface area contributed by atoms with E-state index in [-0.39, 0.29) is 23.7 Å². The molecule has 0 aromatic carbocycles. The van der Waals surface area contributed by atoms with Gasteiger partial charge in [0.1, 0.15) is 0 Å². The number of thiophene rings is 1. The van der Waals surface area contributed by atoms with E-state index >= 15 is 0 Å². The van der Waals surface area contributed by atoms with Gasteiger partial charge in [0.25, 0.3) is 5.91 Å². The number of carbonyl (C=O) groups is 2. The topological polar surface area (TPSA) is 61.8 Å². The van der Waals surface area contributed by atoms with Crippen molar-refractivity contribution in [3.05, 3.63) is 80.3 Å². The second-order valence-electron chi connectivity index (χ2n) is 13.4. The quantitative estimate of drug-likeness (QED) is 0.210. The maximum Gasteiger partial charge on any atom is 0.256 e. The zero-order valence-electron chi connectivity index (χ0n) is 30.9. The number of allylic oxidation sites excluding steroid dienone is 8. The SMILES string of the molecule is C/C=C(\C)C(=O)N1CCc2c(C(=O)NC3=CC(C(C)(C)C)=NC3)csc2C1.CCC(C)(F)F.CCC(C)=C(C)/C=C\C=C/C(C)CC. The Kier molecular flexibility index (Phi) is 17.5. The fourth-order valence-corrected chi connectivity index (χ4v) is 5.34. The number of carbonyl (C=O) groups excluding carboxylic acids is 2. The third-order valence-corrected chi connectivity index (χ3v) is 9.40. The van der Waals surface area contributed by atoms with Crippen molar-refractivity contribution in [2.24, 2.45) is 16.3 Å². The summed E-state index contributed by atoms with van der Waals surface area (Å²) >= 11 is 1.56. The molecule has 3 heterocycles. The first-order valence-corrected chi connectivity index (χ1v) is 17.7. The molecule has 0 fully saturated rings. The second-order valence-corrected chi connectivity index (χ2v) is 14.4. The summed E-state index contributed by atoms with van der Waals surface area (Å²) in [6.45, 7) is 25.2. The molecule has 1 N–H and O–H groups in total. The summed E-state index contributed by atoms with van der Waals surface area (Å²) in [6.07, 6.45) is 15.6. The first kappa shape index (κ1) is 41.9. The zero-order valence-corrected chi connectivity index (χ0v) is 31.8. The maximum atomic E-state index is 12.8. The Labute approximate surface area is 287 Å². The van der Waals surface area contributed by atoms with Crippen LogP contribution in [0, 0.1) is 11.3 Å². The first-order valence-electron chi connectivity index (χ1n) is 16.9. The van der Waals surface area contributed by atoms with Crippen molar-refractivity contribution in [3.8, 4) is 0 Å². The van der Waals surface area contributed by atoms with E-state index in [1.165, 1.54) is 24.5 Å². The van der Waals surface area contributed by atoms with E-state index in [0.717, 1.165) is 46.3 Å². The van der Waals surface area contributed by atoms with Gasteiger partial charge in [0.05, 0.1) is 18.7 Å². The molecule has 0 aliphatic carbocycles. The van der Waals surface area contributed by atoms with E-state index < -0.39 is 5.92 Å². The molecular formula is C39H59F2N3O2S. The Bertz CT molecular complexity index is 1380. The third kappa shape index (κ3) is 14.7. The zero-order chi connectivity index (χ0) is 35.9. The summed E-state index contributed by atoms with van der Waals surface area (Å²) in [6, 6.07) is 0. The van der Waals surface area contributed by atoms with Gasteiger partial charge >= 0.3 is 0 Å². The molecule has 262 valence electrons. The number of amides is 2. The first-order chi connectivity index (χ1) is 21.9. The third-order valence-electron chi connectivity index (χ3n) is 8.39. The van der Waals surface area contributed by atoms with Gasteiger partial charge in [-0.3, -0.25) is 14.6 Å². The van der Waals surface area contributed by atoms with Crippen LogP contribution in [0.1, 0.15) is 123 Å². The van der Waals surface area contributed by atoms with Crippen molar-refractivity contribution < 1.29 is 18.4 Å². The van der Waals surface area contributed by atoms with Gasteiger partial charge in [-0.1, -0.05) is 96.4 Å². The van der Waals surface area contributed by atoms with Crippen LogP contribution in [0.3, 0.4) is 0 Å². The Morgan fingerprint density at radius 2 is 1.74 bits per heavy atom. The van der Waals surface area contributed by atoms with E-state index in [4.69, 9.17) is 0 Å². The lowest BCUT2D eigenvalue weighted by molar-refractivity contribution is -0.127. The molecule has 2 amide bonds. The number of halogens is 2. The van der Waals surface area contributed by atoms with E-state index in [1.807, 2.05) is 36.3 Å². The number of rotatable bonds is 9. The molecule has 0 radical (unpaired) electrons. The van der Waals surface area contributed by atoms with Crippen LogP contribution in [0.5, 0.6) is 0 Å². The molecule has 47 heavy (non-hydrogen) atoms. The van der Waals surface area contributed by atoms with Crippen LogP contribution in [0.15, 0.2) is 69.2 Å². The summed E-state index contributed by atoms with van der Waals surface area (Å²) in [7, 11) is 0. The number of fused-ring (bicyclic) bond motifs is 1. The fourth-order valence-electron chi connectivity index (χ4n) is 4.25. The predicted octanol–water partition coefficient (Wildman–Crippen LogP) is 10.7. The number of hydrogen-bond acceptors (Lipinski definition) is 4. The standard InChI is InChI=1S/C21H27N3O2S.C14H24.C4H8F2/c1-6-13(2)20(26)24-8-7-15-16(12-27-17(15)11-24)19(25)23-14-9-18(22-10-14)21(3,4)5;1-6-12(3)10-8-9-11-14(5)13(4)7-2;1-3-4(2,5)6/h6,9,12H,7-8,10-11H2,1-5H3,(H,23,25);8-12H,6-7H2,1-5H3;3H2,1-2H3/b13-6+;10-8-,11-9-,14-13?;. The minimum atomic E-state index is -2.46. The van der Waals surface area contributed by atoms with Crippen LogP contribution in [0.4, 0.5) is 8.78 Å². The molecule has 0 saturated carbocycles. The Morgan fingerprint density at radius 1 is 1.11 bits per heavy atom. The van der Waals surface area contributed by atoms with Gasteiger partial charge in [0.15, 0.2) is 0 Å². The summed E-state index contributed by atoms with van der Waals surface area (Å²) in [5.41, 5.74) is 7.27. The highest BCUT2D eigenvalue weighted by Crippen LogP contribution is 2.30. The number of nitrogens with one attached hydrogen (secondary N) is 1. The van der Waals surface area contributed by atoms with E-state index in [0.29, 0.717) is 32.0 Å². The minimum absolute atomic E-state index is 0.0188. The van der Waals surface area contributed by atoms with Crippen LogP contribution in [-0.2, 0) is 17.8 Å². The summed E-state index contributed by atoms with van der Waals surface area (Å²) in [4.78, 5) is 32.7. The molecule has 1 aromatic rings. The molecule has 3 rings (SSSR count). The monoisotopic (exact) mass is 671 g/mol. The highest BCUT2D eigenvalue weighted by atomic mass is 32.1. The Hall–Kier alpha value is -3.13. The van der Waals surface area contributed by atoms with Crippen molar-refractivity contribution in [3.63, 3.8) is 0 Å². The van der Waals surface area contributed by atoms with Crippen LogP contribution in [-0.4, -0.2) is 41.4 Å². The number of aliphatic imine (C=N–C) groups is 1. The highest BCUT2D eigenvalue weighted by Gasteiger charge is 2.28. The van der Waals surface area contributed by atoms with E-state index in [9.17, 15) is 18.4 Å². The largest absolute Gasteiger partial charge is 0.333 e.